The Morgan fingerprint density at radius 3 is 2.44 bits per heavy atom. The van der Waals surface area contributed by atoms with E-state index in [2.05, 4.69) is 15.0 Å². The van der Waals surface area contributed by atoms with Crippen LogP contribution in [0.25, 0.3) is 0 Å². The van der Waals surface area contributed by atoms with Crippen molar-refractivity contribution < 1.29 is 8.42 Å². The highest BCUT2D eigenvalue weighted by Crippen LogP contribution is 2.09. The predicted molar refractivity (Wildman–Crippen MR) is 73.6 cm³/mol. The van der Waals surface area contributed by atoms with E-state index in [0.717, 1.165) is 0 Å². The Hall–Kier alpha value is -0.630. The number of hydrogen-bond donors (Lipinski definition) is 2. The first kappa shape index (κ1) is 17.4. The third-order valence-corrected chi connectivity index (χ3v) is 3.83. The maximum absolute atomic E-state index is 11.9. The highest BCUT2D eigenvalue weighted by Gasteiger charge is 2.18. The van der Waals surface area contributed by atoms with Crippen LogP contribution in [0.3, 0.4) is 0 Å². The van der Waals surface area contributed by atoms with Gasteiger partial charge in [0.15, 0.2) is 5.03 Å². The highest BCUT2D eigenvalue weighted by molar-refractivity contribution is 7.89. The molecule has 0 aromatic carbocycles. The van der Waals surface area contributed by atoms with Gasteiger partial charge in [-0.25, -0.2) is 18.1 Å². The summed E-state index contributed by atoms with van der Waals surface area (Å²) in [4.78, 5) is 3.90. The van der Waals surface area contributed by atoms with Crippen LogP contribution < -0.4 is 10.0 Å². The molecule has 0 aliphatic heterocycles. The fraction of sp³-hybridized carbons (Fsp3) is 0.700. The summed E-state index contributed by atoms with van der Waals surface area (Å²) in [5, 5.41) is 3.02. The second-order valence-corrected chi connectivity index (χ2v) is 6.01. The van der Waals surface area contributed by atoms with Crippen LogP contribution in [0.1, 0.15) is 26.8 Å². The second-order valence-electron chi connectivity index (χ2n) is 4.29. The van der Waals surface area contributed by atoms with E-state index in [4.69, 9.17) is 0 Å². The standard InChI is InChI=1S/C10H20N4O2S.ClH/c1-8(2)14-6-10(12-7-14)17(15,16)13-5-9(3)11-4;/h6-9,11,13H,5H2,1-4H3;1H. The molecule has 1 unspecified atom stereocenters. The molecule has 6 nitrogen and oxygen atoms in total. The van der Waals surface area contributed by atoms with Gasteiger partial charge in [0.2, 0.25) is 0 Å². The number of sulfonamides is 1. The lowest BCUT2D eigenvalue weighted by molar-refractivity contribution is 0.551. The number of nitrogens with one attached hydrogen (secondary N) is 2. The monoisotopic (exact) mass is 296 g/mol. The Balaban J connectivity index is 0.00000289. The Bertz CT molecular complexity index is 458. The summed E-state index contributed by atoms with van der Waals surface area (Å²) in [5.74, 6) is 0. The van der Waals surface area contributed by atoms with Crippen molar-refractivity contribution in [1.29, 1.82) is 0 Å². The lowest BCUT2D eigenvalue weighted by Gasteiger charge is -2.10. The topological polar surface area (TPSA) is 76.0 Å². The summed E-state index contributed by atoms with van der Waals surface area (Å²) in [6.45, 7) is 6.17. The summed E-state index contributed by atoms with van der Waals surface area (Å²) in [7, 11) is -1.72. The average Bonchev–Trinajstić information content (AvgIpc) is 2.76. The van der Waals surface area contributed by atoms with E-state index in [1.54, 1.807) is 11.6 Å². The fourth-order valence-electron chi connectivity index (χ4n) is 1.15. The van der Waals surface area contributed by atoms with E-state index in [0.29, 0.717) is 6.54 Å². The first-order chi connectivity index (χ1) is 7.86. The van der Waals surface area contributed by atoms with Crippen LogP contribution in [0.4, 0.5) is 0 Å². The molecule has 0 saturated heterocycles. The molecule has 0 amide bonds. The normalized spacial score (nSPS) is 13.4. The summed E-state index contributed by atoms with van der Waals surface area (Å²) >= 11 is 0. The average molecular weight is 297 g/mol. The van der Waals surface area contributed by atoms with Crippen LogP contribution in [0.15, 0.2) is 17.6 Å². The maximum atomic E-state index is 11.9. The summed E-state index contributed by atoms with van der Waals surface area (Å²) < 4.78 is 28.0. The summed E-state index contributed by atoms with van der Waals surface area (Å²) in [6, 6.07) is 0.277. The third kappa shape index (κ3) is 4.56. The minimum Gasteiger partial charge on any atom is -0.334 e. The predicted octanol–water partition coefficient (Wildman–Crippen LogP) is 0.772. The molecule has 8 heteroatoms. The Morgan fingerprint density at radius 2 is 2.00 bits per heavy atom. The Kier molecular flexibility index (Phi) is 6.83. The molecule has 0 bridgehead atoms. The molecule has 0 aliphatic carbocycles. The van der Waals surface area contributed by atoms with Crippen molar-refractivity contribution in [3.63, 3.8) is 0 Å². The fourth-order valence-corrected chi connectivity index (χ4v) is 2.21. The van der Waals surface area contributed by atoms with Gasteiger partial charge in [0.1, 0.15) is 0 Å². The number of nitrogens with zero attached hydrogens (tertiary/aromatic N) is 2. The lowest BCUT2D eigenvalue weighted by atomic mass is 10.4. The van der Waals surface area contributed by atoms with Gasteiger partial charge in [-0.3, -0.25) is 0 Å². The quantitative estimate of drug-likeness (QED) is 0.813. The van der Waals surface area contributed by atoms with Crippen molar-refractivity contribution in [2.45, 2.75) is 37.9 Å². The van der Waals surface area contributed by atoms with Crippen molar-refractivity contribution in [1.82, 2.24) is 19.6 Å². The van der Waals surface area contributed by atoms with E-state index < -0.39 is 10.0 Å². The molecule has 1 heterocycles. The van der Waals surface area contributed by atoms with Crippen molar-refractivity contribution in [2.24, 2.45) is 0 Å². The first-order valence-corrected chi connectivity index (χ1v) is 7.05. The number of rotatable bonds is 6. The number of imidazole rings is 1. The van der Waals surface area contributed by atoms with Crippen molar-refractivity contribution in [2.75, 3.05) is 13.6 Å². The van der Waals surface area contributed by atoms with Gasteiger partial charge in [-0.15, -0.1) is 12.4 Å². The largest absolute Gasteiger partial charge is 0.334 e. The molecule has 0 fully saturated rings. The van der Waals surface area contributed by atoms with Crippen LogP contribution >= 0.6 is 12.4 Å². The Labute approximate surface area is 115 Å². The van der Waals surface area contributed by atoms with Gasteiger partial charge in [-0.2, -0.15) is 0 Å². The van der Waals surface area contributed by atoms with Crippen LogP contribution in [0, 0.1) is 0 Å². The van der Waals surface area contributed by atoms with E-state index >= 15 is 0 Å². The zero-order valence-corrected chi connectivity index (χ0v) is 12.7. The zero-order chi connectivity index (χ0) is 13.1. The smallest absolute Gasteiger partial charge is 0.259 e. The van der Waals surface area contributed by atoms with Gasteiger partial charge in [0.05, 0.1) is 6.33 Å². The van der Waals surface area contributed by atoms with Crippen LogP contribution in [-0.4, -0.2) is 37.6 Å². The summed E-state index contributed by atoms with van der Waals surface area (Å²) in [6.07, 6.45) is 3.07. The second kappa shape index (κ2) is 7.08. The number of likely N-dealkylation sites (N-methyl/N-ethyl adjacent to an activating group) is 1. The van der Waals surface area contributed by atoms with Crippen LogP contribution in [0.2, 0.25) is 0 Å². The molecule has 1 aromatic rings. The van der Waals surface area contributed by atoms with Crippen LogP contribution in [0.5, 0.6) is 0 Å². The molecule has 106 valence electrons. The first-order valence-electron chi connectivity index (χ1n) is 5.57. The SMILES string of the molecule is CNC(C)CNS(=O)(=O)c1cn(C(C)C)cn1.Cl. The van der Waals surface area contributed by atoms with Crippen molar-refractivity contribution in [3.8, 4) is 0 Å². The molecule has 1 rings (SSSR count). The zero-order valence-electron chi connectivity index (χ0n) is 11.0. The molecule has 1 aromatic heterocycles. The van der Waals surface area contributed by atoms with Gasteiger partial charge in [0.25, 0.3) is 10.0 Å². The molecular formula is C10H21ClN4O2S. The minimum atomic E-state index is -3.50. The molecule has 0 spiro atoms. The molecule has 0 saturated carbocycles. The van der Waals surface area contributed by atoms with Crippen molar-refractivity contribution >= 4 is 22.4 Å². The molecule has 2 N–H and O–H groups in total. The van der Waals surface area contributed by atoms with Gasteiger partial charge < -0.3 is 9.88 Å². The third-order valence-electron chi connectivity index (χ3n) is 2.52. The van der Waals surface area contributed by atoms with E-state index in [-0.39, 0.29) is 29.5 Å². The van der Waals surface area contributed by atoms with Gasteiger partial charge in [0, 0.05) is 24.8 Å². The molecule has 0 aliphatic rings. The molecular weight excluding hydrogens is 276 g/mol. The van der Waals surface area contributed by atoms with Crippen LogP contribution in [-0.2, 0) is 10.0 Å². The van der Waals surface area contributed by atoms with Gasteiger partial charge in [-0.05, 0) is 27.8 Å². The number of hydrogen-bond acceptors (Lipinski definition) is 4. The number of aromatic nitrogens is 2. The molecule has 1 atom stereocenters. The van der Waals surface area contributed by atoms with Gasteiger partial charge >= 0.3 is 0 Å². The van der Waals surface area contributed by atoms with E-state index in [1.165, 1.54) is 12.5 Å². The minimum absolute atomic E-state index is 0. The van der Waals surface area contributed by atoms with E-state index in [1.807, 2.05) is 20.8 Å². The molecule has 18 heavy (non-hydrogen) atoms. The lowest BCUT2D eigenvalue weighted by Crippen LogP contribution is -2.37. The summed E-state index contributed by atoms with van der Waals surface area (Å²) in [5.41, 5.74) is 0. The highest BCUT2D eigenvalue weighted by atomic mass is 35.5. The molecule has 0 radical (unpaired) electrons. The number of halogens is 1. The van der Waals surface area contributed by atoms with Gasteiger partial charge in [-0.1, -0.05) is 0 Å². The van der Waals surface area contributed by atoms with E-state index in [9.17, 15) is 8.42 Å². The Morgan fingerprint density at radius 1 is 1.39 bits per heavy atom. The van der Waals surface area contributed by atoms with Crippen molar-refractivity contribution in [3.05, 3.63) is 12.5 Å². The maximum Gasteiger partial charge on any atom is 0.259 e.